The maximum Gasteiger partial charge on any atom is 0.174 e. The highest BCUT2D eigenvalue weighted by molar-refractivity contribution is 5.54. The van der Waals surface area contributed by atoms with Gasteiger partial charge >= 0.3 is 0 Å². The van der Waals surface area contributed by atoms with Crippen LogP contribution in [0, 0.1) is 6.92 Å². The number of nitrogens with zero attached hydrogens (tertiary/aromatic N) is 1. The van der Waals surface area contributed by atoms with Crippen molar-refractivity contribution in [1.82, 2.24) is 0 Å². The molecule has 4 rings (SSSR count). The van der Waals surface area contributed by atoms with E-state index in [2.05, 4.69) is 36.2 Å². The van der Waals surface area contributed by atoms with Crippen molar-refractivity contribution in [2.24, 2.45) is 4.99 Å². The smallest absolute Gasteiger partial charge is 0.174 e. The van der Waals surface area contributed by atoms with E-state index in [1.54, 1.807) is 0 Å². The van der Waals surface area contributed by atoms with Crippen LogP contribution >= 0.6 is 0 Å². The molecule has 21 heavy (non-hydrogen) atoms. The number of rotatable bonds is 1. The molecular formula is C18H19NO2. The van der Waals surface area contributed by atoms with Gasteiger partial charge in [0.25, 0.3) is 0 Å². The molecule has 2 unspecified atom stereocenters. The molecule has 1 aromatic carbocycles. The number of aryl methyl sites for hydroxylation is 1. The van der Waals surface area contributed by atoms with Crippen LogP contribution in [-0.2, 0) is 9.47 Å². The van der Waals surface area contributed by atoms with Gasteiger partial charge in [0.1, 0.15) is 11.9 Å². The van der Waals surface area contributed by atoms with Crippen molar-refractivity contribution in [3.05, 3.63) is 58.5 Å². The average molecular weight is 281 g/mol. The molecule has 2 aliphatic heterocycles. The molecule has 1 aromatic rings. The number of aliphatic imine (C=N–C) groups is 1. The van der Waals surface area contributed by atoms with E-state index in [0.29, 0.717) is 5.92 Å². The second-order valence-electron chi connectivity index (χ2n) is 6.06. The van der Waals surface area contributed by atoms with Crippen LogP contribution in [0.25, 0.3) is 0 Å². The molecule has 0 saturated carbocycles. The standard InChI is InChI=1S/C18H19NO2/c1-12-2-4-13(5-3-12)15-8-14-6-7-17-16(9-19-11-21-17)18(14)20-10-15/h2-5,9,11,15,17H,6-8,10H2,1H3. The number of hydrogen-bond donors (Lipinski definition) is 0. The van der Waals surface area contributed by atoms with Gasteiger partial charge in [-0.2, -0.15) is 0 Å². The molecule has 0 radical (unpaired) electrons. The molecule has 3 heteroatoms. The lowest BCUT2D eigenvalue weighted by molar-refractivity contribution is 0.136. The maximum absolute atomic E-state index is 6.11. The summed E-state index contributed by atoms with van der Waals surface area (Å²) in [5.74, 6) is 1.51. The first-order valence-electron chi connectivity index (χ1n) is 7.60. The maximum atomic E-state index is 6.11. The molecule has 0 N–H and O–H groups in total. The van der Waals surface area contributed by atoms with Crippen LogP contribution in [0.3, 0.4) is 0 Å². The molecule has 3 nitrogen and oxygen atoms in total. The van der Waals surface area contributed by atoms with Crippen molar-refractivity contribution in [3.63, 3.8) is 0 Å². The molecule has 0 bridgehead atoms. The van der Waals surface area contributed by atoms with Crippen LogP contribution in [0.2, 0.25) is 0 Å². The van der Waals surface area contributed by atoms with Crippen molar-refractivity contribution < 1.29 is 9.47 Å². The van der Waals surface area contributed by atoms with Crippen LogP contribution in [0.4, 0.5) is 0 Å². The van der Waals surface area contributed by atoms with Gasteiger partial charge in [0.2, 0.25) is 0 Å². The molecule has 0 fully saturated rings. The van der Waals surface area contributed by atoms with Crippen LogP contribution in [0.15, 0.2) is 52.4 Å². The van der Waals surface area contributed by atoms with Crippen molar-refractivity contribution in [3.8, 4) is 0 Å². The molecule has 0 amide bonds. The van der Waals surface area contributed by atoms with E-state index >= 15 is 0 Å². The van der Waals surface area contributed by atoms with E-state index in [1.807, 2.05) is 6.20 Å². The van der Waals surface area contributed by atoms with Gasteiger partial charge in [0, 0.05) is 12.1 Å². The van der Waals surface area contributed by atoms with Gasteiger partial charge < -0.3 is 9.47 Å². The largest absolute Gasteiger partial charge is 0.492 e. The second kappa shape index (κ2) is 5.06. The monoisotopic (exact) mass is 281 g/mol. The van der Waals surface area contributed by atoms with Crippen molar-refractivity contribution in [2.45, 2.75) is 38.2 Å². The van der Waals surface area contributed by atoms with Crippen LogP contribution in [0.5, 0.6) is 0 Å². The fraction of sp³-hybridized carbons (Fsp3) is 0.389. The highest BCUT2D eigenvalue weighted by Gasteiger charge is 2.34. The molecule has 0 spiro atoms. The predicted molar refractivity (Wildman–Crippen MR) is 82.2 cm³/mol. The van der Waals surface area contributed by atoms with Gasteiger partial charge in [-0.1, -0.05) is 29.8 Å². The summed E-state index contributed by atoms with van der Waals surface area (Å²) in [6.07, 6.45) is 6.75. The predicted octanol–water partition coefficient (Wildman–Crippen LogP) is 3.86. The van der Waals surface area contributed by atoms with E-state index in [4.69, 9.17) is 9.47 Å². The van der Waals surface area contributed by atoms with E-state index < -0.39 is 0 Å². The number of fused-ring (bicyclic) bond motifs is 2. The van der Waals surface area contributed by atoms with Crippen LogP contribution in [-0.4, -0.2) is 19.1 Å². The Balaban J connectivity index is 1.61. The van der Waals surface area contributed by atoms with Gasteiger partial charge in [0.05, 0.1) is 12.2 Å². The molecule has 1 aliphatic carbocycles. The minimum atomic E-state index is 0.136. The molecule has 3 aliphatic rings. The summed E-state index contributed by atoms with van der Waals surface area (Å²) in [6, 6.07) is 8.83. The van der Waals surface area contributed by atoms with E-state index in [0.717, 1.165) is 37.2 Å². The van der Waals surface area contributed by atoms with Gasteiger partial charge in [-0.25, -0.2) is 4.99 Å². The Bertz CT molecular complexity index is 640. The zero-order chi connectivity index (χ0) is 14.2. The van der Waals surface area contributed by atoms with Crippen LogP contribution in [0.1, 0.15) is 36.3 Å². The Morgan fingerprint density at radius 2 is 2.05 bits per heavy atom. The molecule has 2 heterocycles. The van der Waals surface area contributed by atoms with E-state index in [1.165, 1.54) is 23.1 Å². The second-order valence-corrected chi connectivity index (χ2v) is 6.06. The Kier molecular flexibility index (Phi) is 3.06. The van der Waals surface area contributed by atoms with Crippen molar-refractivity contribution in [1.29, 1.82) is 0 Å². The summed E-state index contributed by atoms with van der Waals surface area (Å²) in [6.45, 7) is 2.87. The van der Waals surface area contributed by atoms with Crippen molar-refractivity contribution >= 4 is 6.40 Å². The fourth-order valence-electron chi connectivity index (χ4n) is 3.40. The fourth-order valence-corrected chi connectivity index (χ4v) is 3.40. The summed E-state index contributed by atoms with van der Waals surface area (Å²) in [5.41, 5.74) is 5.23. The first kappa shape index (κ1) is 12.7. The quantitative estimate of drug-likeness (QED) is 0.782. The molecule has 0 aromatic heterocycles. The molecular weight excluding hydrogens is 262 g/mol. The SMILES string of the molecule is Cc1ccc(C2COC3=C(CCC4OC=NC=C34)C2)cc1. The summed E-state index contributed by atoms with van der Waals surface area (Å²) in [4.78, 5) is 4.12. The zero-order valence-corrected chi connectivity index (χ0v) is 12.2. The van der Waals surface area contributed by atoms with Crippen LogP contribution < -0.4 is 0 Å². The van der Waals surface area contributed by atoms with E-state index in [-0.39, 0.29) is 6.10 Å². The highest BCUT2D eigenvalue weighted by Crippen LogP contribution is 2.42. The first-order valence-corrected chi connectivity index (χ1v) is 7.60. The van der Waals surface area contributed by atoms with Crippen molar-refractivity contribution in [2.75, 3.05) is 6.61 Å². The summed E-state index contributed by atoms with van der Waals surface area (Å²) < 4.78 is 11.7. The lowest BCUT2D eigenvalue weighted by Gasteiger charge is -2.35. The molecule has 108 valence electrons. The lowest BCUT2D eigenvalue weighted by atomic mass is 9.82. The number of ether oxygens (including phenoxy) is 2. The minimum Gasteiger partial charge on any atom is -0.492 e. The number of allylic oxidation sites excluding steroid dienone is 1. The van der Waals surface area contributed by atoms with Gasteiger partial charge in [-0.15, -0.1) is 0 Å². The Morgan fingerprint density at radius 1 is 1.19 bits per heavy atom. The third-order valence-corrected chi connectivity index (χ3v) is 4.61. The minimum absolute atomic E-state index is 0.136. The Morgan fingerprint density at radius 3 is 2.90 bits per heavy atom. The normalized spacial score (nSPS) is 27.2. The molecule has 0 saturated heterocycles. The summed E-state index contributed by atoms with van der Waals surface area (Å²) in [7, 11) is 0. The first-order chi connectivity index (χ1) is 10.3. The zero-order valence-electron chi connectivity index (χ0n) is 12.2. The third kappa shape index (κ3) is 2.27. The lowest BCUT2D eigenvalue weighted by Crippen LogP contribution is -2.29. The summed E-state index contributed by atoms with van der Waals surface area (Å²) >= 11 is 0. The average Bonchev–Trinajstić information content (AvgIpc) is 2.55. The number of hydrogen-bond acceptors (Lipinski definition) is 3. The summed E-state index contributed by atoms with van der Waals surface area (Å²) in [5, 5.41) is 0. The Hall–Kier alpha value is -2.03. The third-order valence-electron chi connectivity index (χ3n) is 4.61. The van der Waals surface area contributed by atoms with Gasteiger partial charge in [-0.05, 0) is 37.3 Å². The number of benzene rings is 1. The van der Waals surface area contributed by atoms with Gasteiger partial charge in [-0.3, -0.25) is 0 Å². The topological polar surface area (TPSA) is 30.8 Å². The van der Waals surface area contributed by atoms with Gasteiger partial charge in [0.15, 0.2) is 6.40 Å². The van der Waals surface area contributed by atoms with E-state index in [9.17, 15) is 0 Å². The Labute approximate surface area is 125 Å². The molecule has 2 atom stereocenters. The highest BCUT2D eigenvalue weighted by atomic mass is 16.5.